The summed E-state index contributed by atoms with van der Waals surface area (Å²) in [5, 5.41) is 0. The van der Waals surface area contributed by atoms with Crippen molar-refractivity contribution in [2.45, 2.75) is 0 Å². The fourth-order valence-electron chi connectivity index (χ4n) is 5.19. The Kier molecular flexibility index (Phi) is 6.99. The molecule has 0 N–H and O–H groups in total. The van der Waals surface area contributed by atoms with Crippen LogP contribution in [0.2, 0.25) is 0 Å². The van der Waals surface area contributed by atoms with E-state index in [1.165, 1.54) is 0 Å². The monoisotopic (exact) mass is 700 g/mol. The van der Waals surface area contributed by atoms with Crippen LogP contribution in [0.4, 0.5) is 51.7 Å². The molecule has 5 aromatic rings. The average molecular weight is 700 g/mol. The Morgan fingerprint density at radius 2 is 0.925 bits per heavy atom. The van der Waals surface area contributed by atoms with E-state index in [9.17, 15) is 0 Å². The van der Waals surface area contributed by atoms with Crippen molar-refractivity contribution in [2.75, 3.05) is 38.2 Å². The first-order valence-corrected chi connectivity index (χ1v) is 12.9. The molecule has 0 atom stereocenters. The van der Waals surface area contributed by atoms with Gasteiger partial charge in [-0.15, -0.1) is 0 Å². The first-order valence-electron chi connectivity index (χ1n) is 12.9. The van der Waals surface area contributed by atoms with Crippen LogP contribution in [0.5, 0.6) is 0 Å². The van der Waals surface area contributed by atoms with Crippen LogP contribution in [-0.2, 0) is 21.1 Å². The predicted molar refractivity (Wildman–Crippen MR) is 162 cm³/mol. The van der Waals surface area contributed by atoms with Gasteiger partial charge in [0.1, 0.15) is 23.3 Å². The molecule has 196 valence electrons. The van der Waals surface area contributed by atoms with Gasteiger partial charge in [-0.25, -0.2) is 9.97 Å². The van der Waals surface area contributed by atoms with Gasteiger partial charge in [0.05, 0.1) is 11.4 Å². The maximum absolute atomic E-state index is 5.14. The molecule has 4 heterocycles. The van der Waals surface area contributed by atoms with Crippen molar-refractivity contribution in [1.29, 1.82) is 0 Å². The number of benzene rings is 3. The van der Waals surface area contributed by atoms with Crippen LogP contribution in [-0.4, -0.2) is 39.2 Å². The molecule has 7 nitrogen and oxygen atoms in total. The molecule has 0 bridgehead atoms. The molecule has 2 aromatic heterocycles. The Morgan fingerprint density at radius 1 is 0.500 bits per heavy atom. The number of aromatic nitrogens is 2. The Bertz CT molecular complexity index is 1550. The smallest absolute Gasteiger partial charge is 0.397 e. The molecular formula is C30H25B2N7Pt. The third-order valence-electron chi connectivity index (χ3n) is 7.03. The third kappa shape index (κ3) is 4.50. The molecule has 7 rings (SSSR count). The predicted octanol–water partition coefficient (Wildman–Crippen LogP) is 6.19. The normalized spacial score (nSPS) is 13.2. The van der Waals surface area contributed by atoms with E-state index in [1.807, 2.05) is 54.6 Å². The number of anilines is 9. The van der Waals surface area contributed by atoms with E-state index in [2.05, 4.69) is 114 Å². The fraction of sp³-hybridized carbons (Fsp3) is 0.0667. The van der Waals surface area contributed by atoms with E-state index >= 15 is 0 Å². The minimum atomic E-state index is 0. The summed E-state index contributed by atoms with van der Waals surface area (Å²) >= 11 is 0. The van der Waals surface area contributed by atoms with E-state index < -0.39 is 0 Å². The molecule has 40 heavy (non-hydrogen) atoms. The second-order valence-corrected chi connectivity index (χ2v) is 9.55. The van der Waals surface area contributed by atoms with Crippen LogP contribution >= 0.6 is 0 Å². The van der Waals surface area contributed by atoms with Crippen LogP contribution in [0.25, 0.3) is 0 Å². The van der Waals surface area contributed by atoms with E-state index in [4.69, 9.17) is 9.97 Å². The average Bonchev–Trinajstić information content (AvgIpc) is 3.51. The summed E-state index contributed by atoms with van der Waals surface area (Å²) in [6.45, 7) is 0. The number of fused-ring (bicyclic) bond motifs is 2. The van der Waals surface area contributed by atoms with Crippen LogP contribution in [0.3, 0.4) is 0 Å². The van der Waals surface area contributed by atoms with Crippen molar-refractivity contribution in [3.63, 3.8) is 0 Å². The van der Waals surface area contributed by atoms with E-state index in [0.29, 0.717) is 0 Å². The molecule has 2 aliphatic rings. The van der Waals surface area contributed by atoms with Gasteiger partial charge in [-0.1, -0.05) is 54.6 Å². The van der Waals surface area contributed by atoms with Crippen molar-refractivity contribution in [1.82, 2.24) is 9.97 Å². The van der Waals surface area contributed by atoms with E-state index in [0.717, 1.165) is 51.7 Å². The summed E-state index contributed by atoms with van der Waals surface area (Å²) in [6.07, 6.45) is 0. The van der Waals surface area contributed by atoms with Gasteiger partial charge >= 0.3 is 15.1 Å². The van der Waals surface area contributed by atoms with Crippen LogP contribution in [0.15, 0.2) is 115 Å². The van der Waals surface area contributed by atoms with Gasteiger partial charge in [0.15, 0.2) is 0 Å². The first-order chi connectivity index (χ1) is 19.2. The molecule has 2 radical (unpaired) electrons. The molecule has 0 spiro atoms. The SMILES string of the molecule is CN1[B]N(c2cccc(N(c3ccccc3)c3cccc(N4[B]N(C)c5ccccc54)n3)n2)c2ccccc21.[Pt]. The molecule has 0 fully saturated rings. The summed E-state index contributed by atoms with van der Waals surface area (Å²) in [5.41, 5.74) is 5.47. The van der Waals surface area contributed by atoms with Crippen LogP contribution in [0, 0.1) is 0 Å². The zero-order valence-electron chi connectivity index (χ0n) is 22.1. The molecule has 0 amide bonds. The van der Waals surface area contributed by atoms with Crippen molar-refractivity contribution < 1.29 is 21.1 Å². The Morgan fingerprint density at radius 3 is 1.40 bits per heavy atom. The second kappa shape index (κ2) is 10.7. The molecular weight excluding hydrogens is 675 g/mol. The van der Waals surface area contributed by atoms with Gasteiger partial charge in [-0.05, 0) is 74.8 Å². The quantitative estimate of drug-likeness (QED) is 0.203. The Labute approximate surface area is 250 Å². The van der Waals surface area contributed by atoms with Gasteiger partial charge in [-0.3, -0.25) is 4.90 Å². The van der Waals surface area contributed by atoms with E-state index in [1.54, 1.807) is 0 Å². The van der Waals surface area contributed by atoms with Gasteiger partial charge < -0.3 is 19.2 Å². The fourth-order valence-corrected chi connectivity index (χ4v) is 5.19. The second-order valence-electron chi connectivity index (χ2n) is 9.55. The molecule has 0 saturated carbocycles. The van der Waals surface area contributed by atoms with Crippen LogP contribution in [0.1, 0.15) is 0 Å². The molecule has 0 saturated heterocycles. The van der Waals surface area contributed by atoms with Crippen LogP contribution < -0.4 is 24.1 Å². The Hall–Kier alpha value is -4.22. The van der Waals surface area contributed by atoms with Gasteiger partial charge in [0, 0.05) is 38.1 Å². The first kappa shape index (κ1) is 26.0. The van der Waals surface area contributed by atoms with Crippen molar-refractivity contribution >= 4 is 66.8 Å². The number of rotatable bonds is 5. The third-order valence-corrected chi connectivity index (χ3v) is 7.03. The number of pyridine rings is 2. The van der Waals surface area contributed by atoms with Crippen molar-refractivity contribution in [3.05, 3.63) is 115 Å². The number of nitrogens with zero attached hydrogens (tertiary/aromatic N) is 7. The molecule has 2 aliphatic heterocycles. The van der Waals surface area contributed by atoms with Gasteiger partial charge in [-0.2, -0.15) is 0 Å². The number of hydrogen-bond acceptors (Lipinski definition) is 7. The maximum atomic E-state index is 5.14. The van der Waals surface area contributed by atoms with Gasteiger partial charge in [0.2, 0.25) is 0 Å². The van der Waals surface area contributed by atoms with Crippen molar-refractivity contribution in [3.8, 4) is 0 Å². The molecule has 10 heteroatoms. The standard InChI is InChI=1S/C30H25B2N7.Pt/c1-35-23-14-6-8-16-25(23)38(31-35)29-20-10-18-27(33-29)37(22-12-4-3-5-13-22)28-19-11-21-30(34-28)39-26-17-9-7-15-24(26)36(2)32-39;/h3-21H,1-2H3;. The number of hydrogen-bond donors (Lipinski definition) is 0. The summed E-state index contributed by atoms with van der Waals surface area (Å²) in [6, 6.07) is 39.2. The minimum Gasteiger partial charge on any atom is -0.400 e. The molecule has 3 aromatic carbocycles. The maximum Gasteiger partial charge on any atom is 0.397 e. The summed E-state index contributed by atoms with van der Waals surface area (Å²) in [5.74, 6) is 3.24. The largest absolute Gasteiger partial charge is 0.400 e. The zero-order valence-corrected chi connectivity index (χ0v) is 24.3. The molecule has 0 unspecified atom stereocenters. The minimum absolute atomic E-state index is 0. The van der Waals surface area contributed by atoms with Gasteiger partial charge in [0.25, 0.3) is 0 Å². The Balaban J connectivity index is 0.00000289. The number of para-hydroxylation sites is 5. The summed E-state index contributed by atoms with van der Waals surface area (Å²) < 4.78 is 0. The molecule has 0 aliphatic carbocycles. The topological polar surface area (TPSA) is 42.0 Å². The zero-order chi connectivity index (χ0) is 26.3. The summed E-state index contributed by atoms with van der Waals surface area (Å²) in [4.78, 5) is 20.9. The summed E-state index contributed by atoms with van der Waals surface area (Å²) in [7, 11) is 8.25. The van der Waals surface area contributed by atoms with Crippen molar-refractivity contribution in [2.24, 2.45) is 0 Å². The van der Waals surface area contributed by atoms with E-state index in [-0.39, 0.29) is 21.1 Å².